The molecule has 0 spiro atoms. The van der Waals surface area contributed by atoms with Gasteiger partial charge in [-0.1, -0.05) is 20.3 Å². The molecule has 1 aliphatic rings. The second kappa shape index (κ2) is 20.9. The minimum absolute atomic E-state index is 0.160. The molecule has 0 amide bonds. The minimum atomic E-state index is -4.22. The molecule has 270 valence electrons. The summed E-state index contributed by atoms with van der Waals surface area (Å²) in [4.78, 5) is 13.3. The van der Waals surface area contributed by atoms with E-state index in [9.17, 15) is 9.46 Å². The minimum Gasteiger partial charge on any atom is -0.378 e. The Kier molecular flexibility index (Phi) is 17.3. The quantitative estimate of drug-likeness (QED) is 0.0810. The zero-order chi connectivity index (χ0) is 35.8. The van der Waals surface area contributed by atoms with E-state index in [2.05, 4.69) is 120 Å². The lowest BCUT2D eigenvalue weighted by atomic mass is 9.87. The van der Waals surface area contributed by atoms with E-state index in [1.54, 1.807) is 0 Å². The van der Waals surface area contributed by atoms with Gasteiger partial charge in [-0.3, -0.25) is 9.05 Å². The van der Waals surface area contributed by atoms with Gasteiger partial charge in [0, 0.05) is 18.8 Å². The summed E-state index contributed by atoms with van der Waals surface area (Å²) < 4.78 is 31.6. The van der Waals surface area contributed by atoms with Crippen LogP contribution in [0.3, 0.4) is 0 Å². The summed E-state index contributed by atoms with van der Waals surface area (Å²) in [6.45, 7) is 23.4. The van der Waals surface area contributed by atoms with Crippen molar-refractivity contribution in [3.63, 3.8) is 0 Å². The Balaban J connectivity index is 2.05. The zero-order valence-corrected chi connectivity index (χ0v) is 32.3. The molecule has 0 saturated carbocycles. The summed E-state index contributed by atoms with van der Waals surface area (Å²) >= 11 is 0. The van der Waals surface area contributed by atoms with Crippen molar-refractivity contribution in [1.29, 1.82) is 0 Å². The summed E-state index contributed by atoms with van der Waals surface area (Å²) in [5, 5.41) is 0. The van der Waals surface area contributed by atoms with E-state index in [-0.39, 0.29) is 13.2 Å². The third-order valence-electron chi connectivity index (χ3n) is 9.21. The third kappa shape index (κ3) is 12.0. The first kappa shape index (κ1) is 40.7. The van der Waals surface area contributed by atoms with Crippen molar-refractivity contribution in [2.45, 2.75) is 80.8 Å². The number of allylic oxidation sites excluding steroid dienone is 5. The number of hydrogen-bond donors (Lipinski definition) is 3. The number of phosphoric acid groups is 1. The molecule has 2 aromatic carbocycles. The van der Waals surface area contributed by atoms with Gasteiger partial charge in [-0.2, -0.15) is 0 Å². The predicted octanol–water partition coefficient (Wildman–Crippen LogP) is 6.32. The van der Waals surface area contributed by atoms with Crippen molar-refractivity contribution >= 4 is 30.5 Å². The highest BCUT2D eigenvalue weighted by Gasteiger charge is 2.30. The van der Waals surface area contributed by atoms with Crippen LogP contribution < -0.4 is 9.80 Å². The van der Waals surface area contributed by atoms with Gasteiger partial charge < -0.3 is 19.4 Å². The standard InChI is InChI=1S/C40H60N3O5P/c1-9-16-28-46-31-38(48-49(44,45)47-27-10-2)30-43(15-7)37-25-26-39(32(8)29-37)40(33-17-21-35(22-18-33)41(11-3)12-4)34-19-23-36(24-20-34)42(13-5)14-6/h17-26,29,38H,9-16,27-28,30-31H2,1-8H3/p+3. The van der Waals surface area contributed by atoms with E-state index in [1.807, 2.05) is 6.92 Å². The number of nitrogens with one attached hydrogen (secondary N) is 2. The highest BCUT2D eigenvalue weighted by molar-refractivity contribution is 7.47. The summed E-state index contributed by atoms with van der Waals surface area (Å²) in [5.74, 6) is 0. The van der Waals surface area contributed by atoms with E-state index in [0.29, 0.717) is 26.1 Å². The van der Waals surface area contributed by atoms with Gasteiger partial charge in [-0.05, 0) is 137 Å². The average molecular weight is 697 g/mol. The third-order valence-corrected chi connectivity index (χ3v) is 10.3. The molecule has 0 aromatic heterocycles. The summed E-state index contributed by atoms with van der Waals surface area (Å²) in [6, 6.07) is 18.1. The fraction of sp³-hybridized carbons (Fsp3) is 0.525. The molecule has 0 saturated heterocycles. The van der Waals surface area contributed by atoms with Crippen molar-refractivity contribution in [2.24, 2.45) is 0 Å². The number of likely N-dealkylation sites (N-methyl/N-ethyl adjacent to an activating group) is 1. The molecule has 1 aliphatic carbocycles. The first-order valence-corrected chi connectivity index (χ1v) is 20.0. The van der Waals surface area contributed by atoms with Crippen LogP contribution in [0.1, 0.15) is 85.8 Å². The Morgan fingerprint density at radius 1 is 0.796 bits per heavy atom. The van der Waals surface area contributed by atoms with Gasteiger partial charge in [0.05, 0.1) is 39.4 Å². The largest absolute Gasteiger partial charge is 0.472 e. The van der Waals surface area contributed by atoms with Gasteiger partial charge >= 0.3 is 7.82 Å². The highest BCUT2D eigenvalue weighted by atomic mass is 31.2. The summed E-state index contributed by atoms with van der Waals surface area (Å²) in [5.41, 5.74) is 9.54. The average Bonchev–Trinajstić information content (AvgIpc) is 3.11. The molecular weight excluding hydrogens is 633 g/mol. The summed E-state index contributed by atoms with van der Waals surface area (Å²) in [6.07, 6.45) is 8.50. The molecule has 0 heterocycles. The molecule has 2 unspecified atom stereocenters. The van der Waals surface area contributed by atoms with Crippen LogP contribution in [0.4, 0.5) is 11.4 Å². The van der Waals surface area contributed by atoms with Gasteiger partial charge in [-0.15, -0.1) is 0 Å². The molecule has 9 heteroatoms. The molecule has 3 N–H and O–H groups in total. The Morgan fingerprint density at radius 2 is 1.35 bits per heavy atom. The SMILES string of the molecule is CCCCOCC(C[N+](CC)=C1C=CC(=C(c2ccc([NH+](CC)CC)cc2)c2ccc([NH+](CC)CC)cc2)C(C)=C1)OP(=O)(O)OCCC. The van der Waals surface area contributed by atoms with Crippen molar-refractivity contribution in [3.8, 4) is 0 Å². The Labute approximate surface area is 296 Å². The molecule has 0 bridgehead atoms. The number of benzene rings is 2. The molecule has 2 atom stereocenters. The van der Waals surface area contributed by atoms with Crippen LogP contribution in [0, 0.1) is 0 Å². The maximum atomic E-state index is 12.7. The second-order valence-corrected chi connectivity index (χ2v) is 14.1. The molecule has 3 rings (SSSR count). The van der Waals surface area contributed by atoms with E-state index < -0.39 is 13.9 Å². The van der Waals surface area contributed by atoms with Crippen LogP contribution in [0.15, 0.2) is 77.9 Å². The Bertz CT molecular complexity index is 1410. The van der Waals surface area contributed by atoms with Gasteiger partial charge in [0.2, 0.25) is 0 Å². The van der Waals surface area contributed by atoms with Crippen molar-refractivity contribution < 1.29 is 37.6 Å². The number of nitrogens with zero attached hydrogens (tertiary/aromatic N) is 1. The number of rotatable bonds is 21. The van der Waals surface area contributed by atoms with Crippen LogP contribution in [-0.4, -0.2) is 80.4 Å². The maximum absolute atomic E-state index is 12.7. The first-order valence-electron chi connectivity index (χ1n) is 18.5. The van der Waals surface area contributed by atoms with E-state index in [4.69, 9.17) is 13.8 Å². The zero-order valence-electron chi connectivity index (χ0n) is 31.4. The monoisotopic (exact) mass is 696 g/mol. The number of quaternary nitrogens is 2. The van der Waals surface area contributed by atoms with E-state index in [1.165, 1.54) is 43.4 Å². The van der Waals surface area contributed by atoms with Crippen molar-refractivity contribution in [3.05, 3.63) is 89.0 Å². The lowest BCUT2D eigenvalue weighted by Crippen LogP contribution is -3.06. The molecule has 0 fully saturated rings. The Morgan fingerprint density at radius 3 is 1.80 bits per heavy atom. The van der Waals surface area contributed by atoms with Crippen LogP contribution in [0.2, 0.25) is 0 Å². The lowest BCUT2D eigenvalue weighted by Gasteiger charge is -2.21. The molecule has 2 aromatic rings. The van der Waals surface area contributed by atoms with Crippen LogP contribution in [-0.2, 0) is 18.3 Å². The van der Waals surface area contributed by atoms with Crippen molar-refractivity contribution in [1.82, 2.24) is 0 Å². The van der Waals surface area contributed by atoms with Crippen LogP contribution >= 0.6 is 7.82 Å². The number of hydrogen-bond acceptors (Lipinski definition) is 4. The van der Waals surface area contributed by atoms with Gasteiger partial charge in [0.15, 0.2) is 18.4 Å². The van der Waals surface area contributed by atoms with Gasteiger partial charge in [-0.25, -0.2) is 9.14 Å². The Hall–Kier alpha value is -2.68. The molecule has 0 radical (unpaired) electrons. The second-order valence-electron chi connectivity index (χ2n) is 12.6. The highest BCUT2D eigenvalue weighted by Crippen LogP contribution is 2.44. The fourth-order valence-electron chi connectivity index (χ4n) is 6.33. The van der Waals surface area contributed by atoms with Gasteiger partial charge in [0.1, 0.15) is 17.9 Å². The van der Waals surface area contributed by atoms with Crippen LogP contribution in [0.5, 0.6) is 0 Å². The molecule has 0 aliphatic heterocycles. The summed E-state index contributed by atoms with van der Waals surface area (Å²) in [7, 11) is -4.22. The number of ether oxygens (including phenoxy) is 1. The number of phosphoric ester groups is 1. The van der Waals surface area contributed by atoms with Gasteiger partial charge in [0.25, 0.3) is 0 Å². The molecular formula is C40H63N3O5P+3. The van der Waals surface area contributed by atoms with Crippen LogP contribution in [0.25, 0.3) is 5.57 Å². The topological polar surface area (TPSA) is 76.9 Å². The van der Waals surface area contributed by atoms with E-state index in [0.717, 1.165) is 50.3 Å². The maximum Gasteiger partial charge on any atom is 0.472 e. The first-order chi connectivity index (χ1) is 23.6. The van der Waals surface area contributed by atoms with E-state index >= 15 is 0 Å². The number of unbranched alkanes of at least 4 members (excludes halogenated alkanes) is 1. The fourth-order valence-corrected chi connectivity index (χ4v) is 7.31. The predicted molar refractivity (Wildman–Crippen MR) is 203 cm³/mol. The lowest BCUT2D eigenvalue weighted by molar-refractivity contribution is -0.828. The molecule has 49 heavy (non-hydrogen) atoms. The van der Waals surface area contributed by atoms with Crippen molar-refractivity contribution in [2.75, 3.05) is 59.1 Å². The smallest absolute Gasteiger partial charge is 0.378 e. The molecule has 8 nitrogen and oxygen atoms in total. The normalized spacial score (nSPS) is 16.2.